The van der Waals surface area contributed by atoms with Crippen molar-refractivity contribution in [3.05, 3.63) is 45.2 Å². The number of nitrogens with zero attached hydrogens (tertiary/aromatic N) is 1. The van der Waals surface area contributed by atoms with Crippen LogP contribution in [0.15, 0.2) is 18.2 Å². The minimum absolute atomic E-state index is 0.0808. The summed E-state index contributed by atoms with van der Waals surface area (Å²) in [5.74, 6) is -0.0808. The molecular weight excluding hydrogens is 287 g/mol. The molecule has 0 saturated carbocycles. The van der Waals surface area contributed by atoms with Crippen molar-refractivity contribution < 1.29 is 9.13 Å². The topological polar surface area (TPSA) is 34.1 Å². The Balaban J connectivity index is 2.37. The molecule has 0 spiro atoms. The first-order valence-corrected chi connectivity index (χ1v) is 7.89. The van der Waals surface area contributed by atoms with Gasteiger partial charge < -0.3 is 10.1 Å². The molecule has 21 heavy (non-hydrogen) atoms. The number of ether oxygens (including phenoxy) is 1. The minimum atomic E-state index is -0.344. The van der Waals surface area contributed by atoms with Crippen LogP contribution in [0.5, 0.6) is 5.75 Å². The molecule has 1 unspecified atom stereocenters. The molecule has 0 fully saturated rings. The van der Waals surface area contributed by atoms with Crippen LogP contribution in [0.25, 0.3) is 0 Å². The molecule has 1 N–H and O–H groups in total. The van der Waals surface area contributed by atoms with Crippen LogP contribution in [0.1, 0.15) is 40.5 Å². The van der Waals surface area contributed by atoms with Crippen LogP contribution in [0.4, 0.5) is 4.39 Å². The summed E-state index contributed by atoms with van der Waals surface area (Å²) in [5, 5.41) is 4.42. The van der Waals surface area contributed by atoms with E-state index in [0.717, 1.165) is 29.2 Å². The van der Waals surface area contributed by atoms with Crippen molar-refractivity contribution in [2.75, 3.05) is 13.7 Å². The molecule has 114 valence electrons. The van der Waals surface area contributed by atoms with E-state index in [0.29, 0.717) is 0 Å². The standard InChI is InChI=1S/C16H21FN2OS/c1-5-8-18-15(16-19-10(2)11(3)21-16)12-6-7-14(20-4)13(17)9-12/h6-7,9,15,18H,5,8H2,1-4H3. The number of methoxy groups -OCH3 is 1. The van der Waals surface area contributed by atoms with Gasteiger partial charge in [0.2, 0.25) is 0 Å². The molecule has 1 aromatic heterocycles. The molecule has 0 aliphatic carbocycles. The lowest BCUT2D eigenvalue weighted by atomic mass is 10.1. The molecule has 1 aromatic carbocycles. The van der Waals surface area contributed by atoms with Gasteiger partial charge in [0.25, 0.3) is 0 Å². The van der Waals surface area contributed by atoms with Crippen molar-refractivity contribution in [1.29, 1.82) is 0 Å². The third kappa shape index (κ3) is 3.60. The molecule has 3 nitrogen and oxygen atoms in total. The lowest BCUT2D eigenvalue weighted by Gasteiger charge is -2.17. The Morgan fingerprint density at radius 3 is 2.67 bits per heavy atom. The first-order valence-electron chi connectivity index (χ1n) is 7.07. The van der Waals surface area contributed by atoms with E-state index < -0.39 is 0 Å². The predicted octanol–water partition coefficient (Wildman–Crippen LogP) is 4.00. The van der Waals surface area contributed by atoms with Gasteiger partial charge in [0.15, 0.2) is 11.6 Å². The first-order chi connectivity index (χ1) is 10.1. The quantitative estimate of drug-likeness (QED) is 0.876. The lowest BCUT2D eigenvalue weighted by molar-refractivity contribution is 0.385. The summed E-state index contributed by atoms with van der Waals surface area (Å²) in [7, 11) is 1.47. The number of thiazole rings is 1. The van der Waals surface area contributed by atoms with Crippen LogP contribution in [0, 0.1) is 19.7 Å². The molecule has 1 atom stereocenters. The number of aromatic nitrogens is 1. The third-order valence-corrected chi connectivity index (χ3v) is 4.54. The molecule has 0 bridgehead atoms. The average molecular weight is 308 g/mol. The minimum Gasteiger partial charge on any atom is -0.494 e. The maximum absolute atomic E-state index is 14.0. The van der Waals surface area contributed by atoms with E-state index in [1.54, 1.807) is 17.4 Å². The average Bonchev–Trinajstić information content (AvgIpc) is 2.79. The number of aryl methyl sites for hydroxylation is 2. The third-order valence-electron chi connectivity index (χ3n) is 3.40. The Labute approximate surface area is 129 Å². The van der Waals surface area contributed by atoms with Crippen LogP contribution < -0.4 is 10.1 Å². The molecule has 0 aliphatic heterocycles. The van der Waals surface area contributed by atoms with Crippen LogP contribution in [-0.2, 0) is 0 Å². The normalized spacial score (nSPS) is 12.4. The first kappa shape index (κ1) is 15.9. The van der Waals surface area contributed by atoms with Crippen molar-refractivity contribution in [2.45, 2.75) is 33.2 Å². The van der Waals surface area contributed by atoms with Gasteiger partial charge in [0.05, 0.1) is 18.8 Å². The van der Waals surface area contributed by atoms with Crippen LogP contribution in [-0.4, -0.2) is 18.6 Å². The number of halogens is 1. The highest BCUT2D eigenvalue weighted by atomic mass is 32.1. The molecule has 2 rings (SSSR count). The molecule has 0 saturated heterocycles. The Bertz CT molecular complexity index is 593. The highest BCUT2D eigenvalue weighted by Gasteiger charge is 2.19. The van der Waals surface area contributed by atoms with Crippen molar-refractivity contribution >= 4 is 11.3 Å². The largest absolute Gasteiger partial charge is 0.494 e. The number of rotatable bonds is 6. The zero-order valence-electron chi connectivity index (χ0n) is 12.9. The molecule has 0 amide bonds. The second-order valence-electron chi connectivity index (χ2n) is 4.97. The second-order valence-corrected chi connectivity index (χ2v) is 6.21. The number of nitrogens with one attached hydrogen (secondary N) is 1. The summed E-state index contributed by atoms with van der Waals surface area (Å²) in [4.78, 5) is 5.81. The summed E-state index contributed by atoms with van der Waals surface area (Å²) in [5.41, 5.74) is 1.91. The van der Waals surface area contributed by atoms with E-state index >= 15 is 0 Å². The SMILES string of the molecule is CCCNC(c1ccc(OC)c(F)c1)c1nc(C)c(C)s1. The van der Waals surface area contributed by atoms with E-state index in [1.165, 1.54) is 18.1 Å². The fourth-order valence-electron chi connectivity index (χ4n) is 2.12. The van der Waals surface area contributed by atoms with Crippen molar-refractivity contribution in [3.8, 4) is 5.75 Å². The number of hydrogen-bond donors (Lipinski definition) is 1. The predicted molar refractivity (Wildman–Crippen MR) is 84.7 cm³/mol. The monoisotopic (exact) mass is 308 g/mol. The maximum atomic E-state index is 14.0. The number of hydrogen-bond acceptors (Lipinski definition) is 4. The summed E-state index contributed by atoms with van der Waals surface area (Å²) in [6, 6.07) is 5.00. The van der Waals surface area contributed by atoms with Gasteiger partial charge >= 0.3 is 0 Å². The highest BCUT2D eigenvalue weighted by Crippen LogP contribution is 2.30. The molecule has 0 radical (unpaired) electrons. The Morgan fingerprint density at radius 1 is 1.38 bits per heavy atom. The Kier molecular flexibility index (Phi) is 5.31. The molecular formula is C16H21FN2OS. The molecule has 5 heteroatoms. The molecule has 1 heterocycles. The van der Waals surface area contributed by atoms with Crippen molar-refractivity contribution in [1.82, 2.24) is 10.3 Å². The summed E-state index contributed by atoms with van der Waals surface area (Å²) in [6.45, 7) is 7.02. The van der Waals surface area contributed by atoms with Gasteiger partial charge in [-0.2, -0.15) is 0 Å². The van der Waals surface area contributed by atoms with E-state index in [4.69, 9.17) is 4.74 Å². The van der Waals surface area contributed by atoms with Crippen molar-refractivity contribution in [2.24, 2.45) is 0 Å². The van der Waals surface area contributed by atoms with E-state index in [9.17, 15) is 4.39 Å². The zero-order chi connectivity index (χ0) is 15.4. The van der Waals surface area contributed by atoms with Gasteiger partial charge in [0.1, 0.15) is 5.01 Å². The summed E-state index contributed by atoms with van der Waals surface area (Å²) < 4.78 is 18.9. The fraction of sp³-hybridized carbons (Fsp3) is 0.438. The highest BCUT2D eigenvalue weighted by molar-refractivity contribution is 7.11. The second kappa shape index (κ2) is 7.00. The fourth-order valence-corrected chi connectivity index (χ4v) is 3.15. The van der Waals surface area contributed by atoms with Crippen LogP contribution >= 0.6 is 11.3 Å². The van der Waals surface area contributed by atoms with Gasteiger partial charge in [-0.15, -0.1) is 11.3 Å². The van der Waals surface area contributed by atoms with Crippen molar-refractivity contribution in [3.63, 3.8) is 0 Å². The van der Waals surface area contributed by atoms with Crippen LogP contribution in [0.3, 0.4) is 0 Å². The van der Waals surface area contributed by atoms with Gasteiger partial charge in [0, 0.05) is 4.88 Å². The van der Waals surface area contributed by atoms with Gasteiger partial charge in [-0.05, 0) is 44.5 Å². The van der Waals surface area contributed by atoms with Gasteiger partial charge in [-0.1, -0.05) is 13.0 Å². The van der Waals surface area contributed by atoms with E-state index in [-0.39, 0.29) is 17.6 Å². The number of benzene rings is 1. The lowest BCUT2D eigenvalue weighted by Crippen LogP contribution is -2.23. The maximum Gasteiger partial charge on any atom is 0.165 e. The van der Waals surface area contributed by atoms with E-state index in [2.05, 4.69) is 24.1 Å². The summed E-state index contributed by atoms with van der Waals surface area (Å²) >= 11 is 1.66. The molecule has 2 aromatic rings. The molecule has 0 aliphatic rings. The Hall–Kier alpha value is -1.46. The smallest absolute Gasteiger partial charge is 0.165 e. The summed E-state index contributed by atoms with van der Waals surface area (Å²) in [6.07, 6.45) is 1.01. The Morgan fingerprint density at radius 2 is 2.14 bits per heavy atom. The van der Waals surface area contributed by atoms with Gasteiger partial charge in [-0.25, -0.2) is 9.37 Å². The van der Waals surface area contributed by atoms with Gasteiger partial charge in [-0.3, -0.25) is 0 Å². The zero-order valence-corrected chi connectivity index (χ0v) is 13.7. The van der Waals surface area contributed by atoms with E-state index in [1.807, 2.05) is 13.0 Å². The van der Waals surface area contributed by atoms with Crippen LogP contribution in [0.2, 0.25) is 0 Å².